The molecule has 0 heterocycles. The second-order valence-electron chi connectivity index (χ2n) is 6.96. The van der Waals surface area contributed by atoms with E-state index in [2.05, 4.69) is 33.8 Å². The predicted octanol–water partition coefficient (Wildman–Crippen LogP) is 3.92. The number of benzene rings is 1. The predicted molar refractivity (Wildman–Crippen MR) is 80.4 cm³/mol. The fraction of sp³-hybridized carbons (Fsp3) is 0.647. The van der Waals surface area contributed by atoms with Crippen molar-refractivity contribution in [1.82, 2.24) is 0 Å². The molecule has 2 heteroatoms. The van der Waals surface area contributed by atoms with Crippen molar-refractivity contribution in [2.45, 2.75) is 59.1 Å². The minimum absolute atomic E-state index is 0.152. The van der Waals surface area contributed by atoms with Crippen LogP contribution in [0.3, 0.4) is 0 Å². The van der Waals surface area contributed by atoms with Crippen molar-refractivity contribution in [3.05, 3.63) is 29.8 Å². The largest absolute Gasteiger partial charge is 0.489 e. The highest BCUT2D eigenvalue weighted by Crippen LogP contribution is 2.38. The standard InChI is InChI=1S/C17H27NO/c1-12-7-5-6-8-15(12)19-16-11-13(17(2,3)4)9-10-14(16)18/h5-8,13-14,16H,9-11,18H2,1-4H3. The van der Waals surface area contributed by atoms with Crippen LogP contribution < -0.4 is 10.5 Å². The minimum atomic E-state index is 0.152. The molecule has 1 aromatic carbocycles. The maximum absolute atomic E-state index is 6.26. The lowest BCUT2D eigenvalue weighted by atomic mass is 9.70. The van der Waals surface area contributed by atoms with Crippen molar-refractivity contribution in [2.75, 3.05) is 0 Å². The molecule has 3 atom stereocenters. The Morgan fingerprint density at radius 2 is 1.84 bits per heavy atom. The first-order chi connectivity index (χ1) is 8.88. The molecule has 1 aliphatic carbocycles. The van der Waals surface area contributed by atoms with Crippen molar-refractivity contribution >= 4 is 0 Å². The van der Waals surface area contributed by atoms with Crippen LogP contribution in [0.1, 0.15) is 45.6 Å². The van der Waals surface area contributed by atoms with E-state index in [-0.39, 0.29) is 12.1 Å². The van der Waals surface area contributed by atoms with Gasteiger partial charge in [-0.05, 0) is 49.1 Å². The molecule has 0 aromatic heterocycles. The molecule has 0 radical (unpaired) electrons. The Morgan fingerprint density at radius 3 is 2.47 bits per heavy atom. The Balaban J connectivity index is 2.08. The quantitative estimate of drug-likeness (QED) is 0.876. The van der Waals surface area contributed by atoms with Crippen LogP contribution in [0.5, 0.6) is 5.75 Å². The van der Waals surface area contributed by atoms with Gasteiger partial charge >= 0.3 is 0 Å². The fourth-order valence-corrected chi connectivity index (χ4v) is 2.93. The Labute approximate surface area is 117 Å². The monoisotopic (exact) mass is 261 g/mol. The Bertz CT molecular complexity index is 422. The first-order valence-electron chi connectivity index (χ1n) is 7.36. The van der Waals surface area contributed by atoms with E-state index in [0.717, 1.165) is 18.6 Å². The number of hydrogen-bond donors (Lipinski definition) is 1. The summed E-state index contributed by atoms with van der Waals surface area (Å²) in [4.78, 5) is 0. The van der Waals surface area contributed by atoms with E-state index in [9.17, 15) is 0 Å². The molecule has 1 saturated carbocycles. The van der Waals surface area contributed by atoms with Gasteiger partial charge in [-0.15, -0.1) is 0 Å². The molecule has 3 unspecified atom stereocenters. The highest BCUT2D eigenvalue weighted by Gasteiger charge is 2.35. The number of para-hydroxylation sites is 1. The molecule has 1 aromatic rings. The molecule has 0 saturated heterocycles. The van der Waals surface area contributed by atoms with Crippen LogP contribution in [0.2, 0.25) is 0 Å². The van der Waals surface area contributed by atoms with Crippen LogP contribution in [-0.4, -0.2) is 12.1 Å². The number of nitrogens with two attached hydrogens (primary N) is 1. The van der Waals surface area contributed by atoms with Gasteiger partial charge in [0.05, 0.1) is 0 Å². The van der Waals surface area contributed by atoms with Gasteiger partial charge in [0.25, 0.3) is 0 Å². The Hall–Kier alpha value is -1.02. The summed E-state index contributed by atoms with van der Waals surface area (Å²) in [5.41, 5.74) is 7.79. The van der Waals surface area contributed by atoms with Gasteiger partial charge in [0.2, 0.25) is 0 Å². The Morgan fingerprint density at radius 1 is 1.16 bits per heavy atom. The lowest BCUT2D eigenvalue weighted by molar-refractivity contribution is 0.0588. The van der Waals surface area contributed by atoms with Crippen LogP contribution >= 0.6 is 0 Å². The van der Waals surface area contributed by atoms with Gasteiger partial charge in [0.1, 0.15) is 11.9 Å². The molecule has 2 nitrogen and oxygen atoms in total. The lowest BCUT2D eigenvalue weighted by Crippen LogP contribution is -2.46. The molecule has 2 N–H and O–H groups in total. The summed E-state index contributed by atoms with van der Waals surface area (Å²) < 4.78 is 6.20. The number of aryl methyl sites for hydroxylation is 1. The molecule has 0 spiro atoms. The van der Waals surface area contributed by atoms with Crippen molar-refractivity contribution in [2.24, 2.45) is 17.1 Å². The molecule has 0 aliphatic heterocycles. The molecule has 2 rings (SSSR count). The summed E-state index contributed by atoms with van der Waals surface area (Å²) in [7, 11) is 0. The van der Waals surface area contributed by atoms with E-state index in [1.807, 2.05) is 18.2 Å². The van der Waals surface area contributed by atoms with Crippen molar-refractivity contribution < 1.29 is 4.74 Å². The van der Waals surface area contributed by atoms with E-state index < -0.39 is 0 Å². The highest BCUT2D eigenvalue weighted by atomic mass is 16.5. The van der Waals surface area contributed by atoms with E-state index in [1.54, 1.807) is 0 Å². The topological polar surface area (TPSA) is 35.2 Å². The van der Waals surface area contributed by atoms with Crippen molar-refractivity contribution in [3.63, 3.8) is 0 Å². The van der Waals surface area contributed by atoms with Gasteiger partial charge in [-0.1, -0.05) is 39.0 Å². The zero-order chi connectivity index (χ0) is 14.0. The zero-order valence-corrected chi connectivity index (χ0v) is 12.6. The third kappa shape index (κ3) is 3.50. The summed E-state index contributed by atoms with van der Waals surface area (Å²) in [6.45, 7) is 9.04. The van der Waals surface area contributed by atoms with E-state index in [0.29, 0.717) is 11.3 Å². The van der Waals surface area contributed by atoms with E-state index in [4.69, 9.17) is 10.5 Å². The highest BCUT2D eigenvalue weighted by molar-refractivity contribution is 5.32. The molecule has 1 fully saturated rings. The van der Waals surface area contributed by atoms with Gasteiger partial charge in [0.15, 0.2) is 0 Å². The molecule has 0 amide bonds. The second-order valence-corrected chi connectivity index (χ2v) is 6.96. The molecule has 19 heavy (non-hydrogen) atoms. The van der Waals surface area contributed by atoms with Crippen LogP contribution in [-0.2, 0) is 0 Å². The summed E-state index contributed by atoms with van der Waals surface area (Å²) in [5, 5.41) is 0. The van der Waals surface area contributed by atoms with Gasteiger partial charge in [-0.3, -0.25) is 0 Å². The molecule has 0 bridgehead atoms. The fourth-order valence-electron chi connectivity index (χ4n) is 2.93. The normalized spacial score (nSPS) is 28.2. The average Bonchev–Trinajstić information content (AvgIpc) is 2.33. The summed E-state index contributed by atoms with van der Waals surface area (Å²) in [6, 6.07) is 8.37. The van der Waals surface area contributed by atoms with Crippen LogP contribution in [0, 0.1) is 18.3 Å². The molecular weight excluding hydrogens is 234 g/mol. The smallest absolute Gasteiger partial charge is 0.122 e. The first kappa shape index (κ1) is 14.4. The van der Waals surface area contributed by atoms with Crippen LogP contribution in [0.4, 0.5) is 0 Å². The van der Waals surface area contributed by atoms with E-state index in [1.165, 1.54) is 12.0 Å². The summed E-state index contributed by atoms with van der Waals surface area (Å²) in [5.74, 6) is 1.68. The molecule has 106 valence electrons. The molecular formula is C17H27NO. The van der Waals surface area contributed by atoms with Crippen LogP contribution in [0.15, 0.2) is 24.3 Å². The summed E-state index contributed by atoms with van der Waals surface area (Å²) in [6.07, 6.45) is 3.51. The van der Waals surface area contributed by atoms with Crippen LogP contribution in [0.25, 0.3) is 0 Å². The van der Waals surface area contributed by atoms with Gasteiger partial charge in [-0.25, -0.2) is 0 Å². The summed E-state index contributed by atoms with van der Waals surface area (Å²) >= 11 is 0. The van der Waals surface area contributed by atoms with Gasteiger partial charge in [0, 0.05) is 6.04 Å². The average molecular weight is 261 g/mol. The number of rotatable bonds is 2. The second kappa shape index (κ2) is 5.54. The molecule has 1 aliphatic rings. The third-order valence-electron chi connectivity index (χ3n) is 4.44. The van der Waals surface area contributed by atoms with E-state index >= 15 is 0 Å². The third-order valence-corrected chi connectivity index (χ3v) is 4.44. The number of hydrogen-bond acceptors (Lipinski definition) is 2. The maximum atomic E-state index is 6.26. The Kier molecular flexibility index (Phi) is 4.19. The van der Waals surface area contributed by atoms with Crippen molar-refractivity contribution in [1.29, 1.82) is 0 Å². The maximum Gasteiger partial charge on any atom is 0.122 e. The first-order valence-corrected chi connectivity index (χ1v) is 7.36. The SMILES string of the molecule is Cc1ccccc1OC1CC(C(C)(C)C)CCC1N. The lowest BCUT2D eigenvalue weighted by Gasteiger charge is -2.40. The van der Waals surface area contributed by atoms with Gasteiger partial charge in [-0.2, -0.15) is 0 Å². The van der Waals surface area contributed by atoms with Gasteiger partial charge < -0.3 is 10.5 Å². The zero-order valence-electron chi connectivity index (χ0n) is 12.6. The van der Waals surface area contributed by atoms with Crippen molar-refractivity contribution in [3.8, 4) is 5.75 Å². The number of ether oxygens (including phenoxy) is 1. The minimum Gasteiger partial charge on any atom is -0.489 e.